The molecule has 1 rings (SSSR count). The lowest BCUT2D eigenvalue weighted by Crippen LogP contribution is -2.65. The molecule has 0 spiro atoms. The van der Waals surface area contributed by atoms with Crippen molar-refractivity contribution in [3.8, 4) is 0 Å². The molecule has 0 aliphatic carbocycles. The third-order valence-corrected chi connectivity index (χ3v) is 33.2. The molecule has 1 saturated heterocycles. The monoisotopic (exact) mass is 808 g/mol. The van der Waals surface area contributed by atoms with Crippen LogP contribution < -0.4 is 0 Å². The van der Waals surface area contributed by atoms with Crippen LogP contribution in [0.5, 0.6) is 0 Å². The summed E-state index contributed by atoms with van der Waals surface area (Å²) in [6.07, 6.45) is 9.69. The Morgan fingerprint density at radius 2 is 0.333 bits per heavy atom. The van der Waals surface area contributed by atoms with Gasteiger partial charge in [0, 0.05) is 52.4 Å². The number of nitrogens with zero attached hydrogens (tertiary/aromatic N) is 8. The highest BCUT2D eigenvalue weighted by Crippen LogP contribution is 2.34. The molecule has 0 radical (unpaired) electrons. The Bertz CT molecular complexity index is 1280. The van der Waals surface area contributed by atoms with Crippen molar-refractivity contribution in [2.75, 3.05) is 0 Å². The zero-order valence-electron chi connectivity index (χ0n) is 26.1. The van der Waals surface area contributed by atoms with Crippen LogP contribution in [0.3, 0.4) is 0 Å². The fourth-order valence-electron chi connectivity index (χ4n) is 4.01. The van der Waals surface area contributed by atoms with Crippen molar-refractivity contribution in [3.05, 3.63) is 0 Å². The third-order valence-electron chi connectivity index (χ3n) is 5.02. The summed E-state index contributed by atoms with van der Waals surface area (Å²) in [5.74, 6) is 0. The summed E-state index contributed by atoms with van der Waals surface area (Å²) < 4.78 is 75.6. The maximum atomic E-state index is 11.6. The summed E-state index contributed by atoms with van der Waals surface area (Å²) in [7, 11) is -36.8. The quantitative estimate of drug-likeness (QED) is 0.167. The first kappa shape index (κ1) is 42.5. The summed E-state index contributed by atoms with van der Waals surface area (Å²) in [5, 5.41) is 0. The number of isocyanates is 8. The van der Waals surface area contributed by atoms with Crippen molar-refractivity contribution in [3.63, 3.8) is 0 Å². The van der Waals surface area contributed by atoms with E-state index in [4.69, 9.17) is 32.9 Å². The van der Waals surface area contributed by atoms with Crippen LogP contribution in [0.25, 0.3) is 0 Å². The minimum atomic E-state index is -4.60. The number of carbonyl (C=O) groups excluding carboxylic acids is 8. The largest absolute Gasteiger partial charge is 0.470 e. The van der Waals surface area contributed by atoms with Gasteiger partial charge in [-0.05, 0) is 0 Å². The predicted octanol–water partition coefficient (Wildman–Crippen LogP) is -0.631. The highest BCUT2D eigenvalue weighted by Gasteiger charge is 2.62. The molecule has 256 valence electrons. The normalized spacial score (nSPS) is 38.8. The Hall–Kier alpha value is -3.54. The fraction of sp³-hybridized carbons (Fsp3) is 0.500. The van der Waals surface area contributed by atoms with Crippen molar-refractivity contribution < 1.29 is 71.3 Å². The molecule has 1 fully saturated rings. The molecule has 0 saturated carbocycles. The van der Waals surface area contributed by atoms with Gasteiger partial charge < -0.3 is 32.9 Å². The number of rotatable bonds is 8. The minimum Gasteiger partial charge on any atom is -0.380 e. The van der Waals surface area contributed by atoms with Gasteiger partial charge in [-0.25, -0.2) is 38.4 Å². The van der Waals surface area contributed by atoms with E-state index in [-0.39, 0.29) is 0 Å². The molecule has 48 heavy (non-hydrogen) atoms. The molecular formula is C16H24N8O16Si8. The lowest BCUT2D eigenvalue weighted by molar-refractivity contribution is 0.230. The van der Waals surface area contributed by atoms with Gasteiger partial charge in [0.05, 0.1) is 0 Å². The van der Waals surface area contributed by atoms with Crippen LogP contribution in [0.1, 0.15) is 0 Å². The van der Waals surface area contributed by atoms with Gasteiger partial charge in [-0.15, -0.1) is 0 Å². The molecular weight excluding hydrogens is 785 g/mol. The Kier molecular flexibility index (Phi) is 14.8. The maximum absolute atomic E-state index is 11.6. The third kappa shape index (κ3) is 12.5. The summed E-state index contributed by atoms with van der Waals surface area (Å²) in [6, 6.07) is 0. The standard InChI is InChI=1S/C16H24N8O16Si8/c1-41(17-9-25)33-42(2,18-10-26)35-44(4,20-12-28)37-46(6,22-14-30)39-48(8,24-16-32)40-47(7,23-15-31)38-45(5,21-13-29)36-43(3,34-41)19-11-27/h1-8H3. The van der Waals surface area contributed by atoms with Crippen molar-refractivity contribution in [2.24, 2.45) is 37.3 Å². The second-order valence-corrected chi connectivity index (χ2v) is 32.3. The Morgan fingerprint density at radius 1 is 0.250 bits per heavy atom. The van der Waals surface area contributed by atoms with Crippen molar-refractivity contribution in [1.29, 1.82) is 0 Å². The van der Waals surface area contributed by atoms with E-state index in [2.05, 4.69) is 37.3 Å². The van der Waals surface area contributed by atoms with Gasteiger partial charge in [0.2, 0.25) is 48.6 Å². The molecule has 0 bridgehead atoms. The van der Waals surface area contributed by atoms with E-state index in [0.717, 1.165) is 52.4 Å². The molecule has 0 unspecified atom stereocenters. The highest BCUT2D eigenvalue weighted by atomic mass is 28.5. The lowest BCUT2D eigenvalue weighted by atomic mass is 11.7. The second kappa shape index (κ2) is 16.7. The van der Waals surface area contributed by atoms with Gasteiger partial charge in [0.15, 0.2) is 0 Å². The predicted molar refractivity (Wildman–Crippen MR) is 167 cm³/mol. The molecule has 0 aromatic rings. The Morgan fingerprint density at radius 3 is 0.396 bits per heavy atom. The fourth-order valence-corrected chi connectivity index (χ4v) is 35.1. The summed E-state index contributed by atoms with van der Waals surface area (Å²) >= 11 is 0. The molecule has 0 atom stereocenters. The van der Waals surface area contributed by atoms with E-state index in [0.29, 0.717) is 0 Å². The van der Waals surface area contributed by atoms with Crippen LogP contribution in [-0.4, -0.2) is 118 Å². The van der Waals surface area contributed by atoms with Crippen LogP contribution in [-0.2, 0) is 71.3 Å². The van der Waals surface area contributed by atoms with E-state index in [1.807, 2.05) is 0 Å². The smallest absolute Gasteiger partial charge is 0.380 e. The maximum Gasteiger partial charge on any atom is 0.470 e. The summed E-state index contributed by atoms with van der Waals surface area (Å²) in [4.78, 5) is 92.4. The van der Waals surface area contributed by atoms with Gasteiger partial charge in [-0.2, -0.15) is 37.3 Å². The van der Waals surface area contributed by atoms with E-state index >= 15 is 0 Å². The van der Waals surface area contributed by atoms with Crippen LogP contribution in [0, 0.1) is 0 Å². The average molecular weight is 809 g/mol. The van der Waals surface area contributed by atoms with Gasteiger partial charge in [-0.3, -0.25) is 0 Å². The SMILES string of the molecule is C[Si]1(N=C=O)O[Si](C)(N=C=O)O[Si](C)(N=C=O)O[Si](C)(N=C=O)O[Si](C)(N=C=O)O[Si](C)(N=C=O)O[Si](C)(N=C=O)O[Si](C)(N=C=O)O1. The molecule has 1 aliphatic rings. The summed E-state index contributed by atoms with van der Waals surface area (Å²) in [6.45, 7) is 8.57. The van der Waals surface area contributed by atoms with E-state index < -0.39 is 69.8 Å². The van der Waals surface area contributed by atoms with Crippen molar-refractivity contribution in [1.82, 2.24) is 0 Å². The van der Waals surface area contributed by atoms with Crippen LogP contribution >= 0.6 is 0 Å². The molecule has 32 heteroatoms. The Labute approximate surface area is 278 Å². The van der Waals surface area contributed by atoms with E-state index in [1.54, 1.807) is 0 Å². The van der Waals surface area contributed by atoms with Crippen LogP contribution in [0.2, 0.25) is 52.4 Å². The van der Waals surface area contributed by atoms with Gasteiger partial charge >= 0.3 is 69.8 Å². The van der Waals surface area contributed by atoms with Crippen LogP contribution in [0.15, 0.2) is 37.3 Å². The molecule has 0 N–H and O–H groups in total. The first-order valence-electron chi connectivity index (χ1n) is 12.5. The van der Waals surface area contributed by atoms with Gasteiger partial charge in [0.25, 0.3) is 0 Å². The van der Waals surface area contributed by atoms with Gasteiger partial charge in [-0.1, -0.05) is 0 Å². The van der Waals surface area contributed by atoms with Crippen molar-refractivity contribution >= 4 is 118 Å². The Balaban J connectivity index is 4.40. The minimum absolute atomic E-state index is 1.07. The average Bonchev–Trinajstić information content (AvgIpc) is 2.86. The molecule has 1 aliphatic heterocycles. The van der Waals surface area contributed by atoms with Crippen LogP contribution in [0.4, 0.5) is 0 Å². The number of hydrogen-bond acceptors (Lipinski definition) is 24. The molecule has 1 heterocycles. The van der Waals surface area contributed by atoms with E-state index in [9.17, 15) is 38.4 Å². The zero-order chi connectivity index (χ0) is 37.0. The first-order valence-corrected chi connectivity index (χ1v) is 30.6. The van der Waals surface area contributed by atoms with Gasteiger partial charge in [0.1, 0.15) is 0 Å². The first-order chi connectivity index (χ1) is 22.1. The molecule has 24 nitrogen and oxygen atoms in total. The zero-order valence-corrected chi connectivity index (χ0v) is 34.1. The van der Waals surface area contributed by atoms with Crippen molar-refractivity contribution in [2.45, 2.75) is 52.4 Å². The number of hydrogen-bond donors (Lipinski definition) is 0. The topological polar surface area (TPSA) is 309 Å². The molecule has 0 aromatic heterocycles. The second-order valence-electron chi connectivity index (χ2n) is 9.62. The highest BCUT2D eigenvalue weighted by molar-refractivity contribution is 6.94. The van der Waals surface area contributed by atoms with E-state index in [1.165, 1.54) is 48.6 Å². The lowest BCUT2D eigenvalue weighted by Gasteiger charge is -2.41. The summed E-state index contributed by atoms with van der Waals surface area (Å²) in [5.41, 5.74) is 0. The molecule has 0 aromatic carbocycles. The molecule has 0 amide bonds.